The van der Waals surface area contributed by atoms with E-state index >= 15 is 0 Å². The molecule has 0 unspecified atom stereocenters. The lowest BCUT2D eigenvalue weighted by Gasteiger charge is -2.09. The number of methoxy groups -OCH3 is 2. The summed E-state index contributed by atoms with van der Waals surface area (Å²) in [5.74, 6) is -0.0183. The van der Waals surface area contributed by atoms with Gasteiger partial charge in [-0.1, -0.05) is 24.3 Å². The van der Waals surface area contributed by atoms with Crippen molar-refractivity contribution < 1.29 is 19.1 Å². The first-order valence-corrected chi connectivity index (χ1v) is 7.24. The summed E-state index contributed by atoms with van der Waals surface area (Å²) in [5.41, 5.74) is 1.67. The molecule has 1 amide bonds. The molecule has 0 saturated carbocycles. The molecule has 0 bridgehead atoms. The van der Waals surface area contributed by atoms with Crippen molar-refractivity contribution in [2.75, 3.05) is 20.8 Å². The minimum atomic E-state index is -0.522. The van der Waals surface area contributed by atoms with Crippen LogP contribution >= 0.6 is 0 Å². The molecular weight excluding hydrogens is 294 g/mol. The summed E-state index contributed by atoms with van der Waals surface area (Å²) in [6, 6.07) is 14.2. The predicted molar refractivity (Wildman–Crippen MR) is 86.8 cm³/mol. The fraction of sp³-hybridized carbons (Fsp3) is 0.222. The van der Waals surface area contributed by atoms with Gasteiger partial charge in [0, 0.05) is 6.54 Å². The molecule has 0 saturated heterocycles. The molecule has 2 rings (SSSR count). The van der Waals surface area contributed by atoms with E-state index in [1.54, 1.807) is 31.4 Å². The average molecular weight is 313 g/mol. The highest BCUT2D eigenvalue weighted by molar-refractivity contribution is 6.05. The highest BCUT2D eigenvalue weighted by atomic mass is 16.5. The molecule has 0 atom stereocenters. The first kappa shape index (κ1) is 16.5. The molecule has 0 aliphatic heterocycles. The van der Waals surface area contributed by atoms with Gasteiger partial charge in [-0.05, 0) is 36.2 Å². The Morgan fingerprint density at radius 3 is 2.22 bits per heavy atom. The van der Waals surface area contributed by atoms with E-state index in [2.05, 4.69) is 5.32 Å². The van der Waals surface area contributed by atoms with Crippen LogP contribution in [0.5, 0.6) is 5.75 Å². The quantitative estimate of drug-likeness (QED) is 0.832. The third-order valence-corrected chi connectivity index (χ3v) is 3.44. The number of carbonyl (C=O) groups excluding carboxylic acids is 2. The van der Waals surface area contributed by atoms with E-state index in [0.717, 1.165) is 11.3 Å². The number of carbonyl (C=O) groups is 2. The molecule has 5 heteroatoms. The van der Waals surface area contributed by atoms with Crippen molar-refractivity contribution in [2.45, 2.75) is 6.42 Å². The molecular formula is C18H19NO4. The van der Waals surface area contributed by atoms with Crippen LogP contribution in [0.1, 0.15) is 26.3 Å². The Bertz CT molecular complexity index is 680. The van der Waals surface area contributed by atoms with Gasteiger partial charge in [0.2, 0.25) is 0 Å². The Morgan fingerprint density at radius 1 is 0.957 bits per heavy atom. The first-order valence-electron chi connectivity index (χ1n) is 7.24. The second kappa shape index (κ2) is 7.98. The van der Waals surface area contributed by atoms with Crippen LogP contribution in [0, 0.1) is 0 Å². The van der Waals surface area contributed by atoms with E-state index in [4.69, 9.17) is 9.47 Å². The minimum absolute atomic E-state index is 0.261. The van der Waals surface area contributed by atoms with Crippen molar-refractivity contribution in [1.29, 1.82) is 0 Å². The zero-order valence-corrected chi connectivity index (χ0v) is 13.2. The van der Waals surface area contributed by atoms with Gasteiger partial charge in [0.05, 0.1) is 25.3 Å². The molecule has 0 aliphatic rings. The summed E-state index contributed by atoms with van der Waals surface area (Å²) in [5, 5.41) is 2.82. The fourth-order valence-corrected chi connectivity index (χ4v) is 2.18. The third kappa shape index (κ3) is 4.32. The highest BCUT2D eigenvalue weighted by Gasteiger charge is 2.16. The maximum atomic E-state index is 12.2. The van der Waals surface area contributed by atoms with Gasteiger partial charge in [-0.25, -0.2) is 4.79 Å². The number of hydrogen-bond acceptors (Lipinski definition) is 4. The average Bonchev–Trinajstić information content (AvgIpc) is 2.61. The van der Waals surface area contributed by atoms with Crippen molar-refractivity contribution in [3.63, 3.8) is 0 Å². The summed E-state index contributed by atoms with van der Waals surface area (Å²) in [6.07, 6.45) is 0.691. The van der Waals surface area contributed by atoms with Crippen LogP contribution in [0.15, 0.2) is 48.5 Å². The summed E-state index contributed by atoms with van der Waals surface area (Å²) < 4.78 is 9.79. The van der Waals surface area contributed by atoms with E-state index in [1.165, 1.54) is 7.11 Å². The van der Waals surface area contributed by atoms with E-state index in [0.29, 0.717) is 18.5 Å². The van der Waals surface area contributed by atoms with Crippen LogP contribution in [0.2, 0.25) is 0 Å². The monoisotopic (exact) mass is 313 g/mol. The van der Waals surface area contributed by atoms with Gasteiger partial charge in [-0.15, -0.1) is 0 Å². The van der Waals surface area contributed by atoms with E-state index in [1.807, 2.05) is 24.3 Å². The van der Waals surface area contributed by atoms with E-state index < -0.39 is 5.97 Å². The zero-order chi connectivity index (χ0) is 16.7. The van der Waals surface area contributed by atoms with Crippen molar-refractivity contribution in [1.82, 2.24) is 5.32 Å². The second-order valence-corrected chi connectivity index (χ2v) is 4.89. The van der Waals surface area contributed by atoms with Gasteiger partial charge in [0.15, 0.2) is 0 Å². The molecule has 1 N–H and O–H groups in total. The third-order valence-electron chi connectivity index (χ3n) is 3.44. The Morgan fingerprint density at radius 2 is 1.61 bits per heavy atom. The van der Waals surface area contributed by atoms with Gasteiger partial charge >= 0.3 is 5.97 Å². The number of benzene rings is 2. The number of esters is 1. The van der Waals surface area contributed by atoms with Gasteiger partial charge in [-0.3, -0.25) is 4.79 Å². The Labute approximate surface area is 135 Å². The van der Waals surface area contributed by atoms with Crippen LogP contribution in [-0.2, 0) is 11.2 Å². The molecule has 0 heterocycles. The summed E-state index contributed by atoms with van der Waals surface area (Å²) in [7, 11) is 2.91. The Kier molecular flexibility index (Phi) is 5.74. The summed E-state index contributed by atoms with van der Waals surface area (Å²) >= 11 is 0. The maximum absolute atomic E-state index is 12.2. The summed E-state index contributed by atoms with van der Waals surface area (Å²) in [6.45, 7) is 0.473. The van der Waals surface area contributed by atoms with Crippen molar-refractivity contribution in [3.8, 4) is 5.75 Å². The topological polar surface area (TPSA) is 64.6 Å². The summed E-state index contributed by atoms with van der Waals surface area (Å²) in [4.78, 5) is 23.9. The molecule has 23 heavy (non-hydrogen) atoms. The number of amides is 1. The zero-order valence-electron chi connectivity index (χ0n) is 13.2. The van der Waals surface area contributed by atoms with Crippen LogP contribution in [0.3, 0.4) is 0 Å². The van der Waals surface area contributed by atoms with E-state index in [9.17, 15) is 9.59 Å². The second-order valence-electron chi connectivity index (χ2n) is 4.89. The van der Waals surface area contributed by atoms with Gasteiger partial charge in [0.25, 0.3) is 5.91 Å². The molecule has 2 aromatic rings. The predicted octanol–water partition coefficient (Wildman–Crippen LogP) is 2.45. The number of hydrogen-bond donors (Lipinski definition) is 1. The van der Waals surface area contributed by atoms with Crippen molar-refractivity contribution in [3.05, 3.63) is 65.2 Å². The van der Waals surface area contributed by atoms with Gasteiger partial charge in [-0.2, -0.15) is 0 Å². The first-order chi connectivity index (χ1) is 11.2. The highest BCUT2D eigenvalue weighted by Crippen LogP contribution is 2.12. The molecule has 0 spiro atoms. The molecule has 2 aromatic carbocycles. The lowest BCUT2D eigenvalue weighted by Crippen LogP contribution is -2.27. The van der Waals surface area contributed by atoms with E-state index in [-0.39, 0.29) is 11.5 Å². The lowest BCUT2D eigenvalue weighted by molar-refractivity contribution is 0.0596. The fourth-order valence-electron chi connectivity index (χ4n) is 2.18. The number of ether oxygens (including phenoxy) is 2. The molecule has 5 nitrogen and oxygen atoms in total. The standard InChI is InChI=1S/C18H19NO4/c1-22-14-9-7-13(8-10-14)11-12-19-17(20)15-5-3-4-6-16(15)18(21)23-2/h3-10H,11-12H2,1-2H3,(H,19,20). The molecule has 0 aliphatic carbocycles. The largest absolute Gasteiger partial charge is 0.497 e. The lowest BCUT2D eigenvalue weighted by atomic mass is 10.1. The Balaban J connectivity index is 1.96. The Hall–Kier alpha value is -2.82. The smallest absolute Gasteiger partial charge is 0.338 e. The van der Waals surface area contributed by atoms with Crippen LogP contribution in [0.25, 0.3) is 0 Å². The number of rotatable bonds is 6. The molecule has 0 fully saturated rings. The van der Waals surface area contributed by atoms with Crippen LogP contribution in [-0.4, -0.2) is 32.6 Å². The van der Waals surface area contributed by atoms with Gasteiger partial charge in [0.1, 0.15) is 5.75 Å². The van der Waals surface area contributed by atoms with Crippen LogP contribution < -0.4 is 10.1 Å². The molecule has 0 aromatic heterocycles. The molecule has 0 radical (unpaired) electrons. The van der Waals surface area contributed by atoms with Gasteiger partial charge < -0.3 is 14.8 Å². The normalized spacial score (nSPS) is 10.0. The minimum Gasteiger partial charge on any atom is -0.497 e. The van der Waals surface area contributed by atoms with Crippen molar-refractivity contribution in [2.24, 2.45) is 0 Å². The SMILES string of the molecule is COC(=O)c1ccccc1C(=O)NCCc1ccc(OC)cc1. The molecule has 120 valence electrons. The number of nitrogens with one attached hydrogen (secondary N) is 1. The van der Waals surface area contributed by atoms with Crippen molar-refractivity contribution >= 4 is 11.9 Å². The van der Waals surface area contributed by atoms with Crippen LogP contribution in [0.4, 0.5) is 0 Å². The maximum Gasteiger partial charge on any atom is 0.338 e.